The summed E-state index contributed by atoms with van der Waals surface area (Å²) in [4.78, 5) is 2.99. The number of benzene rings is 4. The summed E-state index contributed by atoms with van der Waals surface area (Å²) < 4.78 is 26.8. The largest absolute Gasteiger partial charge is 0.270 e. The molecule has 0 spiro atoms. The molecule has 0 aromatic heterocycles. The minimum absolute atomic E-state index is 0.153. The predicted molar refractivity (Wildman–Crippen MR) is 298 cm³/mol. The van der Waals surface area contributed by atoms with Crippen LogP contribution >= 0.6 is 35.3 Å². The molecule has 0 fully saturated rings. The second kappa shape index (κ2) is 29.0. The highest BCUT2D eigenvalue weighted by Gasteiger charge is 2.42. The minimum Gasteiger partial charge on any atom is -0.270 e. The van der Waals surface area contributed by atoms with Crippen molar-refractivity contribution in [1.29, 1.82) is 5.26 Å². The number of rotatable bonds is 27. The van der Waals surface area contributed by atoms with Crippen molar-refractivity contribution in [3.05, 3.63) is 129 Å². The summed E-state index contributed by atoms with van der Waals surface area (Å²) in [7, 11) is -3.30. The van der Waals surface area contributed by atoms with E-state index >= 15 is 0 Å². The van der Waals surface area contributed by atoms with E-state index in [0.717, 1.165) is 44.1 Å². The first-order chi connectivity index (χ1) is 32.7. The molecule has 0 amide bonds. The molecule has 4 atom stereocenters. The molecule has 0 aliphatic carbocycles. The fraction of sp³-hybridized carbons (Fsp3) is 0.583. The Bertz CT molecular complexity index is 2250. The molecule has 2 aliphatic rings. The van der Waals surface area contributed by atoms with Crippen LogP contribution in [0.4, 0.5) is 0 Å². The maximum Gasteiger partial charge on any atom is 0.264 e. The highest BCUT2D eigenvalue weighted by molar-refractivity contribution is 7.99. The van der Waals surface area contributed by atoms with Crippen LogP contribution in [0, 0.1) is 39.0 Å². The Kier molecular flexibility index (Phi) is 24.0. The van der Waals surface area contributed by atoms with Crippen LogP contribution < -0.4 is 0 Å². The van der Waals surface area contributed by atoms with E-state index < -0.39 is 10.1 Å². The van der Waals surface area contributed by atoms with Gasteiger partial charge in [-0.3, -0.25) is 4.18 Å². The summed E-state index contributed by atoms with van der Waals surface area (Å²) >= 11 is 6.16. The van der Waals surface area contributed by atoms with E-state index in [9.17, 15) is 8.42 Å². The summed E-state index contributed by atoms with van der Waals surface area (Å²) in [5.74, 6) is 5.98. The van der Waals surface area contributed by atoms with Gasteiger partial charge in [0.2, 0.25) is 0 Å². The lowest BCUT2D eigenvalue weighted by atomic mass is 9.67. The third-order valence-corrected chi connectivity index (χ3v) is 19.2. The van der Waals surface area contributed by atoms with Crippen LogP contribution in [0.2, 0.25) is 0 Å². The van der Waals surface area contributed by atoms with Gasteiger partial charge in [-0.15, -0.1) is 23.5 Å². The molecule has 2 aliphatic heterocycles. The van der Waals surface area contributed by atoms with E-state index in [4.69, 9.17) is 9.44 Å². The van der Waals surface area contributed by atoms with Gasteiger partial charge in [0.1, 0.15) is 0 Å². The van der Waals surface area contributed by atoms with Gasteiger partial charge in [-0.2, -0.15) is 25.4 Å². The number of fused-ring (bicyclic) bond motifs is 2. The second-order valence-electron chi connectivity index (χ2n) is 20.6. The van der Waals surface area contributed by atoms with Gasteiger partial charge in [-0.1, -0.05) is 186 Å². The third kappa shape index (κ3) is 17.9. The van der Waals surface area contributed by atoms with Crippen molar-refractivity contribution in [1.82, 2.24) is 0 Å². The van der Waals surface area contributed by atoms with Gasteiger partial charge in [-0.25, -0.2) is 0 Å². The zero-order valence-corrected chi connectivity index (χ0v) is 46.3. The van der Waals surface area contributed by atoms with Crippen molar-refractivity contribution in [2.45, 2.75) is 196 Å². The summed E-state index contributed by atoms with van der Waals surface area (Å²) in [5.41, 5.74) is 11.8. The predicted octanol–water partition coefficient (Wildman–Crippen LogP) is 17.5. The smallest absolute Gasteiger partial charge is 0.264 e. The average molecular weight is 997 g/mol. The molecule has 4 nitrogen and oxygen atoms in total. The van der Waals surface area contributed by atoms with E-state index in [-0.39, 0.29) is 10.8 Å². The maximum absolute atomic E-state index is 11.0. The standard InChI is InChI=1S/C32H45NS2.C28H40O3S2/c1-26-15-18-28(19-16-26)32(3)25-35-31-24-27(2)17-20-29(31)30(32)14-10-7-5-4-6-8-12-22-34-23-13-9-11-21-33;1-22-13-16-24(17-14-22)28(3)21-32-27-20-23(2)15-18-25(27)26(28)12-10-8-6-5-7-9-11-19-31-33(4,29)30/h15-20,24,30H,4-14,22-23,25H2,1-3H3;13-18,20,26H,5-12,19,21H2,1-4H3. The number of nitrogens with zero attached hydrogens (tertiary/aromatic N) is 1. The molecule has 2 heterocycles. The molecule has 6 rings (SSSR count). The average Bonchev–Trinajstić information content (AvgIpc) is 3.31. The first kappa shape index (κ1) is 56.2. The zero-order chi connectivity index (χ0) is 48.8. The van der Waals surface area contributed by atoms with E-state index in [1.807, 2.05) is 11.8 Å². The normalized spacial score (nSPS) is 19.9. The Morgan fingerprint density at radius 2 is 0.941 bits per heavy atom. The summed E-state index contributed by atoms with van der Waals surface area (Å²) in [6.45, 7) is 14.1. The van der Waals surface area contributed by atoms with Crippen LogP contribution in [-0.2, 0) is 25.1 Å². The Morgan fingerprint density at radius 1 is 0.559 bits per heavy atom. The van der Waals surface area contributed by atoms with E-state index in [1.165, 1.54) is 156 Å². The van der Waals surface area contributed by atoms with Crippen LogP contribution in [0.5, 0.6) is 0 Å². The quantitative estimate of drug-likeness (QED) is 0.0435. The molecule has 68 heavy (non-hydrogen) atoms. The van der Waals surface area contributed by atoms with Crippen molar-refractivity contribution in [2.24, 2.45) is 0 Å². The van der Waals surface area contributed by atoms with Gasteiger partial charge in [0.15, 0.2) is 0 Å². The lowest BCUT2D eigenvalue weighted by Gasteiger charge is -2.43. The Morgan fingerprint density at radius 3 is 1.37 bits per heavy atom. The van der Waals surface area contributed by atoms with Gasteiger partial charge >= 0.3 is 0 Å². The fourth-order valence-electron chi connectivity index (χ4n) is 10.3. The summed E-state index contributed by atoms with van der Waals surface area (Å²) in [6, 6.07) is 35.0. The van der Waals surface area contributed by atoms with Crippen LogP contribution in [0.3, 0.4) is 0 Å². The lowest BCUT2D eigenvalue weighted by Crippen LogP contribution is -2.36. The number of aryl methyl sites for hydroxylation is 4. The first-order valence-corrected chi connectivity index (χ1v) is 31.1. The number of unbranched alkanes of at least 4 members (excludes halogenated alkanes) is 14. The molecule has 4 unspecified atom stereocenters. The van der Waals surface area contributed by atoms with Crippen molar-refractivity contribution < 1.29 is 12.6 Å². The van der Waals surface area contributed by atoms with Gasteiger partial charge < -0.3 is 0 Å². The molecule has 0 saturated carbocycles. The van der Waals surface area contributed by atoms with Gasteiger partial charge in [-0.05, 0) is 124 Å². The SMILES string of the molecule is Cc1ccc(C2(C)CSc3cc(C)ccc3C2CCCCCCCCCOS(C)(=O)=O)cc1.Cc1ccc(C2(C)CSc3cc(C)ccc3C2CCCCCCCCCSCCCCC#N)cc1. The topological polar surface area (TPSA) is 67.2 Å². The van der Waals surface area contributed by atoms with Crippen LogP contribution in [0.1, 0.15) is 192 Å². The van der Waals surface area contributed by atoms with Gasteiger partial charge in [0, 0.05) is 38.5 Å². The molecule has 8 heteroatoms. The van der Waals surface area contributed by atoms with Crippen molar-refractivity contribution in [3.63, 3.8) is 0 Å². The molecule has 4 aromatic rings. The number of nitriles is 1. The van der Waals surface area contributed by atoms with Crippen molar-refractivity contribution in [3.8, 4) is 6.07 Å². The van der Waals surface area contributed by atoms with Crippen molar-refractivity contribution >= 4 is 45.4 Å². The molecule has 0 saturated heterocycles. The minimum atomic E-state index is -3.30. The van der Waals surface area contributed by atoms with Gasteiger partial charge in [0.05, 0.1) is 18.9 Å². The number of hydrogen-bond acceptors (Lipinski definition) is 7. The molecular formula is C60H85NO3S4. The summed E-state index contributed by atoms with van der Waals surface area (Å²) in [5, 5.41) is 8.58. The highest BCUT2D eigenvalue weighted by atomic mass is 32.2. The fourth-order valence-corrected chi connectivity index (χ4v) is 14.7. The van der Waals surface area contributed by atoms with Crippen LogP contribution in [0.25, 0.3) is 0 Å². The zero-order valence-electron chi connectivity index (χ0n) is 43.0. The molecule has 0 radical (unpaired) electrons. The first-order valence-electron chi connectivity index (χ1n) is 26.1. The number of hydrogen-bond donors (Lipinski definition) is 0. The Hall–Kier alpha value is -2.67. The Balaban J connectivity index is 0.000000255. The number of thioether (sulfide) groups is 3. The highest BCUT2D eigenvalue weighted by Crippen LogP contribution is 2.53. The Labute approximate surface area is 427 Å². The molecule has 4 aromatic carbocycles. The van der Waals surface area contributed by atoms with E-state index in [1.54, 1.807) is 5.56 Å². The molecular weight excluding hydrogens is 911 g/mol. The van der Waals surface area contributed by atoms with Crippen LogP contribution in [0.15, 0.2) is 94.7 Å². The molecule has 372 valence electrons. The molecule has 0 bridgehead atoms. The van der Waals surface area contributed by atoms with E-state index in [2.05, 4.69) is 156 Å². The van der Waals surface area contributed by atoms with E-state index in [0.29, 0.717) is 18.4 Å². The van der Waals surface area contributed by atoms with Crippen LogP contribution in [-0.4, -0.2) is 44.3 Å². The monoisotopic (exact) mass is 996 g/mol. The molecule has 0 N–H and O–H groups in total. The third-order valence-electron chi connectivity index (χ3n) is 14.6. The van der Waals surface area contributed by atoms with Crippen molar-refractivity contribution in [2.75, 3.05) is 35.9 Å². The summed E-state index contributed by atoms with van der Waals surface area (Å²) in [6.07, 6.45) is 24.2. The lowest BCUT2D eigenvalue weighted by molar-refractivity contribution is 0.309. The van der Waals surface area contributed by atoms with Gasteiger partial charge in [0.25, 0.3) is 10.1 Å². The second-order valence-corrected chi connectivity index (χ2v) is 25.5. The maximum atomic E-state index is 11.0.